The second-order valence-electron chi connectivity index (χ2n) is 5.49. The molecule has 2 rings (SSSR count). The Bertz CT molecular complexity index is 459. The Morgan fingerprint density at radius 3 is 3.05 bits per heavy atom. The molecule has 1 fully saturated rings. The Balaban J connectivity index is 1.80. The van der Waals surface area contributed by atoms with E-state index in [-0.39, 0.29) is 5.91 Å². The van der Waals surface area contributed by atoms with Gasteiger partial charge in [0.15, 0.2) is 5.76 Å². The fourth-order valence-electron chi connectivity index (χ4n) is 2.69. The molecule has 0 aliphatic carbocycles. The van der Waals surface area contributed by atoms with Crippen molar-refractivity contribution in [2.24, 2.45) is 5.92 Å². The highest BCUT2D eigenvalue weighted by molar-refractivity contribution is 6.17. The molecule has 0 aromatic carbocycles. The molecule has 1 aromatic heterocycles. The highest BCUT2D eigenvalue weighted by Crippen LogP contribution is 2.18. The third kappa shape index (κ3) is 3.76. The molecule has 1 atom stereocenters. The van der Waals surface area contributed by atoms with Gasteiger partial charge in [0.1, 0.15) is 5.76 Å². The van der Waals surface area contributed by atoms with Crippen LogP contribution >= 0.6 is 11.6 Å². The molecule has 2 heterocycles. The Hall–Kier alpha value is -1.00. The molecule has 1 aliphatic rings. The Labute approximate surface area is 125 Å². The maximum atomic E-state index is 12.0. The van der Waals surface area contributed by atoms with Crippen LogP contribution in [0, 0.1) is 12.8 Å². The number of carbonyl (C=O) groups excluding carboxylic acids is 1. The van der Waals surface area contributed by atoms with Crippen LogP contribution in [0.1, 0.15) is 41.6 Å². The molecular weight excluding hydrogens is 276 g/mol. The van der Waals surface area contributed by atoms with Crippen molar-refractivity contribution in [1.29, 1.82) is 0 Å². The second-order valence-corrected chi connectivity index (χ2v) is 5.76. The van der Waals surface area contributed by atoms with E-state index >= 15 is 0 Å². The first kappa shape index (κ1) is 15.4. The van der Waals surface area contributed by atoms with Gasteiger partial charge in [-0.3, -0.25) is 4.79 Å². The number of amides is 1. The summed E-state index contributed by atoms with van der Waals surface area (Å²) in [6.45, 7) is 8.12. The lowest BCUT2D eigenvalue weighted by molar-refractivity contribution is 0.0918. The van der Waals surface area contributed by atoms with Gasteiger partial charge in [0, 0.05) is 18.7 Å². The van der Waals surface area contributed by atoms with E-state index in [1.807, 2.05) is 6.92 Å². The molecule has 0 radical (unpaired) electrons. The highest BCUT2D eigenvalue weighted by atomic mass is 35.5. The summed E-state index contributed by atoms with van der Waals surface area (Å²) in [6, 6.07) is 1.73. The Morgan fingerprint density at radius 1 is 1.60 bits per heavy atom. The third-order valence-corrected chi connectivity index (χ3v) is 4.14. The summed E-state index contributed by atoms with van der Waals surface area (Å²) in [5.41, 5.74) is 0.881. The number of rotatable bonds is 6. The standard InChI is InChI=1S/C15H23ClN2O2/c1-3-5-18-6-4-12(10-18)9-17-15(19)14-7-13(8-16)11(2)20-14/h7,12H,3-6,8-10H2,1-2H3,(H,17,19). The summed E-state index contributed by atoms with van der Waals surface area (Å²) >= 11 is 5.78. The van der Waals surface area contributed by atoms with Gasteiger partial charge >= 0.3 is 0 Å². The number of likely N-dealkylation sites (tertiary alicyclic amines) is 1. The van der Waals surface area contributed by atoms with Crippen LogP contribution in [0.3, 0.4) is 0 Å². The van der Waals surface area contributed by atoms with Gasteiger partial charge in [0.05, 0.1) is 5.88 Å². The van der Waals surface area contributed by atoms with E-state index in [0.717, 1.165) is 43.9 Å². The fraction of sp³-hybridized carbons (Fsp3) is 0.667. The first-order valence-electron chi connectivity index (χ1n) is 7.29. The minimum absolute atomic E-state index is 0.140. The lowest BCUT2D eigenvalue weighted by Gasteiger charge is -2.14. The van der Waals surface area contributed by atoms with Gasteiger partial charge in [-0.05, 0) is 44.8 Å². The number of halogens is 1. The maximum Gasteiger partial charge on any atom is 0.287 e. The monoisotopic (exact) mass is 298 g/mol. The van der Waals surface area contributed by atoms with Crippen molar-refractivity contribution >= 4 is 17.5 Å². The molecule has 1 aromatic rings. The van der Waals surface area contributed by atoms with E-state index in [1.165, 1.54) is 6.42 Å². The van der Waals surface area contributed by atoms with Gasteiger partial charge in [0.25, 0.3) is 5.91 Å². The normalized spacial score (nSPS) is 19.4. The topological polar surface area (TPSA) is 45.5 Å². The molecule has 5 heteroatoms. The van der Waals surface area contributed by atoms with E-state index in [1.54, 1.807) is 6.07 Å². The van der Waals surface area contributed by atoms with Crippen molar-refractivity contribution in [3.63, 3.8) is 0 Å². The molecular formula is C15H23ClN2O2. The first-order chi connectivity index (χ1) is 9.63. The van der Waals surface area contributed by atoms with Crippen molar-refractivity contribution in [2.45, 2.75) is 32.6 Å². The van der Waals surface area contributed by atoms with Crippen LogP contribution in [0.4, 0.5) is 0 Å². The number of carbonyl (C=O) groups is 1. The molecule has 1 aliphatic heterocycles. The molecule has 112 valence electrons. The largest absolute Gasteiger partial charge is 0.456 e. The molecule has 1 unspecified atom stereocenters. The van der Waals surface area contributed by atoms with E-state index in [4.69, 9.17) is 16.0 Å². The predicted molar refractivity (Wildman–Crippen MR) is 80.2 cm³/mol. The van der Waals surface area contributed by atoms with Crippen molar-refractivity contribution < 1.29 is 9.21 Å². The predicted octanol–water partition coefficient (Wildman–Crippen LogP) is 2.79. The summed E-state index contributed by atoms with van der Waals surface area (Å²) in [5.74, 6) is 1.87. The molecule has 1 N–H and O–H groups in total. The number of nitrogens with one attached hydrogen (secondary N) is 1. The third-order valence-electron chi connectivity index (χ3n) is 3.85. The Kier molecular flexibility index (Phi) is 5.49. The first-order valence-corrected chi connectivity index (χ1v) is 7.83. The van der Waals surface area contributed by atoms with Crippen molar-refractivity contribution in [2.75, 3.05) is 26.2 Å². The molecule has 1 saturated heterocycles. The molecule has 1 amide bonds. The van der Waals surface area contributed by atoms with Gasteiger partial charge < -0.3 is 14.6 Å². The molecule has 0 bridgehead atoms. The van der Waals surface area contributed by atoms with Gasteiger partial charge in [-0.2, -0.15) is 0 Å². The zero-order valence-electron chi connectivity index (χ0n) is 12.2. The van der Waals surface area contributed by atoms with Crippen molar-refractivity contribution in [1.82, 2.24) is 10.2 Å². The van der Waals surface area contributed by atoms with Gasteiger partial charge in [0.2, 0.25) is 0 Å². The quantitative estimate of drug-likeness (QED) is 0.822. The lowest BCUT2D eigenvalue weighted by Crippen LogP contribution is -2.31. The van der Waals surface area contributed by atoms with Crippen molar-refractivity contribution in [3.05, 3.63) is 23.2 Å². The van der Waals surface area contributed by atoms with E-state index in [0.29, 0.717) is 17.6 Å². The van der Waals surface area contributed by atoms with E-state index in [2.05, 4.69) is 17.1 Å². The van der Waals surface area contributed by atoms with E-state index < -0.39 is 0 Å². The summed E-state index contributed by atoms with van der Waals surface area (Å²) in [7, 11) is 0. The highest BCUT2D eigenvalue weighted by Gasteiger charge is 2.23. The Morgan fingerprint density at radius 2 is 2.40 bits per heavy atom. The zero-order valence-corrected chi connectivity index (χ0v) is 13.0. The van der Waals surface area contributed by atoms with Crippen LogP contribution < -0.4 is 5.32 Å². The summed E-state index contributed by atoms with van der Waals surface area (Å²) in [4.78, 5) is 14.5. The number of nitrogens with zero attached hydrogens (tertiary/aromatic N) is 1. The van der Waals surface area contributed by atoms with Gasteiger partial charge in [-0.25, -0.2) is 0 Å². The van der Waals surface area contributed by atoms with Crippen LogP contribution in [-0.2, 0) is 5.88 Å². The summed E-state index contributed by atoms with van der Waals surface area (Å²) < 4.78 is 5.44. The van der Waals surface area contributed by atoms with Crippen LogP contribution in [0.2, 0.25) is 0 Å². The lowest BCUT2D eigenvalue weighted by atomic mass is 10.1. The maximum absolute atomic E-state index is 12.0. The molecule has 0 saturated carbocycles. The van der Waals surface area contributed by atoms with E-state index in [9.17, 15) is 4.79 Å². The van der Waals surface area contributed by atoms with Crippen LogP contribution in [-0.4, -0.2) is 37.0 Å². The number of hydrogen-bond acceptors (Lipinski definition) is 3. The minimum atomic E-state index is -0.140. The average molecular weight is 299 g/mol. The SMILES string of the molecule is CCCN1CCC(CNC(=O)c2cc(CCl)c(C)o2)C1. The van der Waals surface area contributed by atoms with Crippen LogP contribution in [0.15, 0.2) is 10.5 Å². The average Bonchev–Trinajstić information content (AvgIpc) is 3.03. The van der Waals surface area contributed by atoms with Gasteiger partial charge in [-0.1, -0.05) is 6.92 Å². The van der Waals surface area contributed by atoms with Crippen molar-refractivity contribution in [3.8, 4) is 0 Å². The number of aryl methyl sites for hydroxylation is 1. The molecule has 20 heavy (non-hydrogen) atoms. The smallest absolute Gasteiger partial charge is 0.287 e. The molecule has 0 spiro atoms. The zero-order chi connectivity index (χ0) is 14.5. The summed E-state index contributed by atoms with van der Waals surface area (Å²) in [6.07, 6.45) is 2.34. The fourth-order valence-corrected chi connectivity index (χ4v) is 2.95. The summed E-state index contributed by atoms with van der Waals surface area (Å²) in [5, 5.41) is 2.97. The second kappa shape index (κ2) is 7.14. The van der Waals surface area contributed by atoms with Gasteiger partial charge in [-0.15, -0.1) is 11.6 Å². The van der Waals surface area contributed by atoms with Crippen LogP contribution in [0.5, 0.6) is 0 Å². The number of hydrogen-bond donors (Lipinski definition) is 1. The number of furan rings is 1. The molecule has 4 nitrogen and oxygen atoms in total. The minimum Gasteiger partial charge on any atom is -0.456 e. The van der Waals surface area contributed by atoms with Crippen LogP contribution in [0.25, 0.3) is 0 Å². The number of alkyl halides is 1.